The first-order valence-electron chi connectivity index (χ1n) is 21.3. The molecule has 2 amide bonds. The summed E-state index contributed by atoms with van der Waals surface area (Å²) in [6, 6.07) is 16.4. The Morgan fingerprint density at radius 3 is 1.87 bits per heavy atom. The van der Waals surface area contributed by atoms with E-state index in [1.807, 2.05) is 106 Å². The first-order chi connectivity index (χ1) is 29.2. The van der Waals surface area contributed by atoms with Crippen molar-refractivity contribution in [2.75, 3.05) is 13.1 Å². The minimum atomic E-state index is -0.540. The Labute approximate surface area is 383 Å². The normalized spacial score (nSPS) is 24.5. The Bertz CT molecular complexity index is 2200. The quantitative estimate of drug-likeness (QED) is 0.193. The van der Waals surface area contributed by atoms with Crippen molar-refractivity contribution in [1.82, 2.24) is 19.8 Å². The summed E-state index contributed by atoms with van der Waals surface area (Å²) in [6.07, 6.45) is 2.51. The van der Waals surface area contributed by atoms with Crippen molar-refractivity contribution in [3.8, 4) is 10.4 Å². The highest BCUT2D eigenvalue weighted by atomic mass is 79.9. The molecule has 12 nitrogen and oxygen atoms in total. The average Bonchev–Trinajstić information content (AvgIpc) is 4.06. The van der Waals surface area contributed by atoms with Crippen LogP contribution in [0.4, 0.5) is 9.59 Å². The zero-order valence-electron chi connectivity index (χ0n) is 37.8. The van der Waals surface area contributed by atoms with Crippen LogP contribution < -0.4 is 0 Å². The van der Waals surface area contributed by atoms with Crippen LogP contribution >= 0.6 is 38.6 Å². The van der Waals surface area contributed by atoms with E-state index in [-0.39, 0.29) is 30.4 Å². The number of benzene rings is 2. The minimum Gasteiger partial charge on any atom is -0.444 e. The molecule has 334 valence electrons. The fourth-order valence-electron chi connectivity index (χ4n) is 7.95. The topological polar surface area (TPSA) is 128 Å². The van der Waals surface area contributed by atoms with Crippen LogP contribution in [0.5, 0.6) is 0 Å². The van der Waals surface area contributed by atoms with Crippen molar-refractivity contribution < 1.29 is 28.7 Å². The van der Waals surface area contributed by atoms with E-state index >= 15 is 0 Å². The van der Waals surface area contributed by atoms with E-state index in [1.165, 1.54) is 4.88 Å². The molecule has 4 aliphatic rings. The molecule has 0 aliphatic carbocycles. The fraction of sp³-hybridized carbons (Fsp3) is 0.532. The van der Waals surface area contributed by atoms with Gasteiger partial charge in [0.1, 0.15) is 11.2 Å². The first-order valence-corrected chi connectivity index (χ1v) is 23.9. The van der Waals surface area contributed by atoms with Crippen LogP contribution in [0, 0.1) is 25.7 Å². The van der Waals surface area contributed by atoms with E-state index in [2.05, 4.69) is 81.2 Å². The predicted octanol–water partition coefficient (Wildman–Crippen LogP) is 12.1. The van der Waals surface area contributed by atoms with E-state index in [1.54, 1.807) is 22.7 Å². The Hall–Kier alpha value is -4.34. The molecule has 0 radical (unpaired) electrons. The predicted molar refractivity (Wildman–Crippen MR) is 251 cm³/mol. The molecule has 2 unspecified atom stereocenters. The highest BCUT2D eigenvalue weighted by molar-refractivity contribution is 9.10. The van der Waals surface area contributed by atoms with E-state index in [4.69, 9.17) is 19.1 Å². The molecular formula is C47H61BrN6O6S2. The molecule has 0 N–H and O–H groups in total. The molecular weight excluding hydrogens is 889 g/mol. The Morgan fingerprint density at radius 2 is 1.39 bits per heavy atom. The van der Waals surface area contributed by atoms with Crippen molar-refractivity contribution in [3.05, 3.63) is 91.9 Å². The number of hydrogen-bond donors (Lipinski definition) is 0. The molecule has 15 heteroatoms. The third-order valence-electron chi connectivity index (χ3n) is 10.9. The second-order valence-electron chi connectivity index (χ2n) is 19.0. The summed E-state index contributed by atoms with van der Waals surface area (Å²) in [5, 5.41) is 10.8. The van der Waals surface area contributed by atoms with Crippen LogP contribution in [0.3, 0.4) is 0 Å². The molecule has 6 heterocycles. The van der Waals surface area contributed by atoms with Crippen molar-refractivity contribution in [2.24, 2.45) is 22.1 Å². The summed E-state index contributed by atoms with van der Waals surface area (Å²) in [6.45, 7) is 23.1. The van der Waals surface area contributed by atoms with Crippen LogP contribution in [-0.4, -0.2) is 79.8 Å². The van der Waals surface area contributed by atoms with E-state index < -0.39 is 16.8 Å². The lowest BCUT2D eigenvalue weighted by Gasteiger charge is -2.29. The van der Waals surface area contributed by atoms with Gasteiger partial charge in [-0.3, -0.25) is 14.8 Å². The summed E-state index contributed by atoms with van der Waals surface area (Å²) in [5.41, 5.74) is 9.48. The van der Waals surface area contributed by atoms with Crippen LogP contribution in [0.1, 0.15) is 117 Å². The Morgan fingerprint density at radius 1 is 0.806 bits per heavy atom. The summed E-state index contributed by atoms with van der Waals surface area (Å²) in [5.74, 6) is 0.820. The van der Waals surface area contributed by atoms with Gasteiger partial charge >= 0.3 is 12.2 Å². The van der Waals surface area contributed by atoms with Gasteiger partial charge in [0.25, 0.3) is 0 Å². The maximum absolute atomic E-state index is 12.8. The molecule has 0 saturated carbocycles. The number of aryl methyl sites for hydroxylation is 2. The number of halogens is 1. The number of hydrogen-bond acceptors (Lipinski definition) is 12. The maximum atomic E-state index is 12.8. The molecule has 8 rings (SSSR count). The molecule has 4 aliphatic heterocycles. The molecule has 2 fully saturated rings. The first kappa shape index (κ1) is 47.1. The smallest absolute Gasteiger partial charge is 0.410 e. The molecule has 6 atom stereocenters. The summed E-state index contributed by atoms with van der Waals surface area (Å²) >= 11 is 6.72. The van der Waals surface area contributed by atoms with Gasteiger partial charge in [-0.2, -0.15) is 0 Å². The van der Waals surface area contributed by atoms with Crippen LogP contribution in [0.25, 0.3) is 10.4 Å². The monoisotopic (exact) mass is 948 g/mol. The minimum absolute atomic E-state index is 0.0368. The maximum Gasteiger partial charge on any atom is 0.410 e. The number of carbonyl (C=O) groups is 2. The number of thiazole rings is 2. The van der Waals surface area contributed by atoms with Gasteiger partial charge in [-0.05, 0) is 116 Å². The number of rotatable bonds is 5. The Kier molecular flexibility index (Phi) is 14.9. The number of ether oxygens (including phenoxy) is 2. The van der Waals surface area contributed by atoms with Gasteiger partial charge in [-0.1, -0.05) is 76.5 Å². The Balaban J connectivity index is 0.000000185. The zero-order chi connectivity index (χ0) is 45.0. The van der Waals surface area contributed by atoms with Crippen molar-refractivity contribution >= 4 is 62.2 Å². The number of nitrogens with zero attached hydrogens (tertiary/aromatic N) is 6. The highest BCUT2D eigenvalue weighted by Crippen LogP contribution is 2.40. The number of amides is 2. The van der Waals surface area contributed by atoms with Crippen molar-refractivity contribution in [1.29, 1.82) is 0 Å². The second-order valence-corrected chi connectivity index (χ2v) is 21.5. The molecule has 0 bridgehead atoms. The molecule has 4 aromatic rings. The molecule has 2 saturated heterocycles. The lowest BCUT2D eigenvalue weighted by molar-refractivity contribution is -0.00738. The third-order valence-corrected chi connectivity index (χ3v) is 13.1. The summed E-state index contributed by atoms with van der Waals surface area (Å²) in [7, 11) is 0. The lowest BCUT2D eigenvalue weighted by Crippen LogP contribution is -2.43. The van der Waals surface area contributed by atoms with Gasteiger partial charge in [0.15, 0.2) is 11.7 Å². The molecule has 62 heavy (non-hydrogen) atoms. The number of oxime groups is 2. The van der Waals surface area contributed by atoms with E-state index in [0.717, 1.165) is 56.8 Å². The average molecular weight is 950 g/mol. The van der Waals surface area contributed by atoms with Gasteiger partial charge < -0.3 is 19.1 Å². The fourth-order valence-corrected chi connectivity index (χ4v) is 9.57. The summed E-state index contributed by atoms with van der Waals surface area (Å²) < 4.78 is 12.3. The number of aromatic nitrogens is 2. The van der Waals surface area contributed by atoms with E-state index in [9.17, 15) is 9.59 Å². The van der Waals surface area contributed by atoms with Crippen LogP contribution in [0.15, 0.2) is 79.7 Å². The van der Waals surface area contributed by atoms with Crippen molar-refractivity contribution in [2.45, 2.75) is 137 Å². The van der Waals surface area contributed by atoms with Gasteiger partial charge in [0, 0.05) is 41.5 Å². The summed E-state index contributed by atoms with van der Waals surface area (Å²) in [4.78, 5) is 50.1. The van der Waals surface area contributed by atoms with Gasteiger partial charge in [0.05, 0.1) is 45.1 Å². The van der Waals surface area contributed by atoms with Gasteiger partial charge in [0.2, 0.25) is 0 Å². The van der Waals surface area contributed by atoms with Gasteiger partial charge in [-0.25, -0.2) is 14.6 Å². The zero-order valence-corrected chi connectivity index (χ0v) is 41.0. The number of carbonyl (C=O) groups excluding carboxylic acids is 2. The lowest BCUT2D eigenvalue weighted by atomic mass is 9.87. The molecule has 2 aromatic heterocycles. The third kappa shape index (κ3) is 12.2. The van der Waals surface area contributed by atoms with Crippen LogP contribution in [0.2, 0.25) is 0 Å². The van der Waals surface area contributed by atoms with Crippen LogP contribution in [-0.2, 0) is 24.7 Å². The largest absolute Gasteiger partial charge is 0.444 e. The van der Waals surface area contributed by atoms with E-state index in [0.29, 0.717) is 37.8 Å². The molecule has 2 aromatic carbocycles. The standard InChI is InChI=1S/C24H31N3O3S.C19H25BrN2O3.C4H5NS/c1-15-11-20(27(13-15)22(28)29-23(3,4)5)19-12-24(6,30-26-19)18-9-7-17(8-10-18)21-16(2)25-14-31-21;1-12-9-16(22(11-12)18(23)24-19(2,3)4)15-10-17(25-21-15)13-5-7-14(20)8-6-13;1-4-2-6-3-5-4/h7-10,14-15,20H,11-13H2,1-6H3;5-8,12,16-17H,9-11H2,1-4H3;2-3H,1H3/t15-,20+,24?;12-,16+,17?;/m11./s1. The number of likely N-dealkylation sites (tertiary alicyclic amines) is 2. The van der Waals surface area contributed by atoms with Gasteiger partial charge in [-0.15, -0.1) is 22.7 Å². The van der Waals surface area contributed by atoms with Crippen molar-refractivity contribution in [3.63, 3.8) is 0 Å². The molecule has 0 spiro atoms. The second kappa shape index (κ2) is 19.6. The highest BCUT2D eigenvalue weighted by Gasteiger charge is 2.45. The SMILES string of the molecule is C[C@@H]1C[C@@H](C2=NOC(c3ccc(Br)cc3)C2)N(C(=O)OC(C)(C)C)C1.Cc1cscn1.Cc1ncsc1-c1ccc(C2(C)CC([C@@H]3C[C@@H](C)CN3C(=O)OC(C)(C)C)=NO2)cc1.